The number of nitrogens with zero attached hydrogens (tertiary/aromatic N) is 1. The molecule has 0 saturated carbocycles. The molecule has 4 N–H and O–H groups in total. The zero-order chi connectivity index (χ0) is 14.2. The second-order valence-electron chi connectivity index (χ2n) is 3.63. The maximum atomic E-state index is 13.4. The maximum absolute atomic E-state index is 13.4. The number of H-pyrrole nitrogens is 1. The Kier molecular flexibility index (Phi) is 2.91. The Balaban J connectivity index is 2.56. The van der Waals surface area contributed by atoms with E-state index in [9.17, 15) is 19.1 Å². The van der Waals surface area contributed by atoms with Gasteiger partial charge in [-0.2, -0.15) is 5.10 Å². The average molecular weight is 266 g/mol. The van der Waals surface area contributed by atoms with Crippen LogP contribution in [0.3, 0.4) is 0 Å². The first kappa shape index (κ1) is 12.6. The zero-order valence-corrected chi connectivity index (χ0v) is 9.22. The Morgan fingerprint density at radius 2 is 1.84 bits per heavy atom. The third kappa shape index (κ3) is 2.23. The molecule has 1 heterocycles. The molecule has 0 fully saturated rings. The summed E-state index contributed by atoms with van der Waals surface area (Å²) in [5.74, 6) is -4.87. The van der Waals surface area contributed by atoms with Crippen LogP contribution in [-0.2, 0) is 0 Å². The van der Waals surface area contributed by atoms with E-state index in [1.165, 1.54) is 0 Å². The highest BCUT2D eigenvalue weighted by atomic mass is 19.1. The molecular weight excluding hydrogens is 259 g/mol. The monoisotopic (exact) mass is 266 g/mol. The van der Waals surface area contributed by atoms with Gasteiger partial charge in [-0.25, -0.2) is 14.0 Å². The smallest absolute Gasteiger partial charge is 0.353 e. The normalized spacial score (nSPS) is 10.4. The van der Waals surface area contributed by atoms with Crippen molar-refractivity contribution in [2.24, 2.45) is 0 Å². The number of aromatic nitrogens is 2. The molecule has 1 aromatic heterocycles. The summed E-state index contributed by atoms with van der Waals surface area (Å²) in [5.41, 5.74) is -0.759. The summed E-state index contributed by atoms with van der Waals surface area (Å²) in [7, 11) is 0. The predicted molar refractivity (Wildman–Crippen MR) is 59.6 cm³/mol. The summed E-state index contributed by atoms with van der Waals surface area (Å²) in [5, 5.41) is 32.6. The van der Waals surface area contributed by atoms with E-state index in [0.717, 1.165) is 18.2 Å². The molecule has 8 heteroatoms. The van der Waals surface area contributed by atoms with Crippen molar-refractivity contribution in [2.75, 3.05) is 0 Å². The number of aromatic carboxylic acids is 2. The number of halogens is 1. The summed E-state index contributed by atoms with van der Waals surface area (Å²) < 4.78 is 13.4. The van der Waals surface area contributed by atoms with E-state index >= 15 is 0 Å². The molecule has 2 rings (SSSR count). The van der Waals surface area contributed by atoms with Crippen LogP contribution in [0.4, 0.5) is 4.39 Å². The molecule has 98 valence electrons. The van der Waals surface area contributed by atoms with Gasteiger partial charge in [0.15, 0.2) is 11.6 Å². The van der Waals surface area contributed by atoms with Gasteiger partial charge in [-0.05, 0) is 18.2 Å². The van der Waals surface area contributed by atoms with Gasteiger partial charge in [-0.15, -0.1) is 0 Å². The van der Waals surface area contributed by atoms with E-state index in [1.807, 2.05) is 0 Å². The fourth-order valence-corrected chi connectivity index (χ4v) is 1.49. The number of hydrogen-bond acceptors (Lipinski definition) is 4. The molecule has 0 aliphatic heterocycles. The van der Waals surface area contributed by atoms with Gasteiger partial charge in [0.05, 0.1) is 5.69 Å². The van der Waals surface area contributed by atoms with Crippen molar-refractivity contribution >= 4 is 11.9 Å². The molecule has 1 aromatic carbocycles. The number of carboxylic acid groups (broad SMARTS) is 2. The van der Waals surface area contributed by atoms with E-state index in [1.54, 1.807) is 0 Å². The fourth-order valence-electron chi connectivity index (χ4n) is 1.49. The number of hydrogen-bond donors (Lipinski definition) is 4. The molecule has 0 bridgehead atoms. The molecule has 0 atom stereocenters. The Hall–Kier alpha value is -2.90. The number of aromatic hydroxyl groups is 1. The first-order valence-electron chi connectivity index (χ1n) is 4.95. The van der Waals surface area contributed by atoms with Crippen molar-refractivity contribution in [3.63, 3.8) is 0 Å². The standard InChI is InChI=1S/C11H7FN2O5/c12-6-2-4(1-5(9(6)15)10(16)17)7-3-8(11(18)19)14-13-7/h1-3,15H,(H,13,14)(H,16,17)(H,18,19). The van der Waals surface area contributed by atoms with Crippen LogP contribution in [0, 0.1) is 5.82 Å². The van der Waals surface area contributed by atoms with Crippen molar-refractivity contribution in [3.05, 3.63) is 35.3 Å². The van der Waals surface area contributed by atoms with E-state index < -0.39 is 29.1 Å². The van der Waals surface area contributed by atoms with Crippen molar-refractivity contribution in [2.45, 2.75) is 0 Å². The summed E-state index contributed by atoms with van der Waals surface area (Å²) in [6, 6.07) is 2.99. The highest BCUT2D eigenvalue weighted by molar-refractivity contribution is 5.93. The predicted octanol–water partition coefficient (Wildman–Crippen LogP) is 1.32. The Bertz CT molecular complexity index is 680. The fraction of sp³-hybridized carbons (Fsp3) is 0. The van der Waals surface area contributed by atoms with Gasteiger partial charge in [0.1, 0.15) is 11.3 Å². The number of carboxylic acids is 2. The number of rotatable bonds is 3. The van der Waals surface area contributed by atoms with E-state index in [-0.39, 0.29) is 17.0 Å². The second kappa shape index (κ2) is 4.41. The van der Waals surface area contributed by atoms with Crippen LogP contribution in [0.2, 0.25) is 0 Å². The lowest BCUT2D eigenvalue weighted by Crippen LogP contribution is -1.99. The van der Waals surface area contributed by atoms with Gasteiger partial charge in [0.2, 0.25) is 0 Å². The van der Waals surface area contributed by atoms with Crippen molar-refractivity contribution < 1.29 is 29.3 Å². The minimum atomic E-state index is -1.51. The lowest BCUT2D eigenvalue weighted by atomic mass is 10.1. The Labute approximate surface area is 104 Å². The molecule has 0 aliphatic carbocycles. The van der Waals surface area contributed by atoms with E-state index in [4.69, 9.17) is 10.2 Å². The van der Waals surface area contributed by atoms with Gasteiger partial charge < -0.3 is 15.3 Å². The summed E-state index contributed by atoms with van der Waals surface area (Å²) >= 11 is 0. The number of phenols is 1. The molecule has 7 nitrogen and oxygen atoms in total. The summed E-state index contributed by atoms with van der Waals surface area (Å²) in [6.07, 6.45) is 0. The molecule has 2 aromatic rings. The average Bonchev–Trinajstić information content (AvgIpc) is 2.81. The first-order valence-corrected chi connectivity index (χ1v) is 4.95. The quantitative estimate of drug-likeness (QED) is 0.664. The van der Waals surface area contributed by atoms with Crippen LogP contribution < -0.4 is 0 Å². The minimum Gasteiger partial charge on any atom is -0.504 e. The molecule has 19 heavy (non-hydrogen) atoms. The Morgan fingerprint density at radius 3 is 2.37 bits per heavy atom. The molecule has 0 radical (unpaired) electrons. The SMILES string of the molecule is O=C(O)c1cc(-c2cc(F)c(O)c(C(=O)O)c2)n[nH]1. The maximum Gasteiger partial charge on any atom is 0.353 e. The molecule has 0 amide bonds. The van der Waals surface area contributed by atoms with Gasteiger partial charge >= 0.3 is 11.9 Å². The number of carbonyl (C=O) groups is 2. The second-order valence-corrected chi connectivity index (χ2v) is 3.63. The van der Waals surface area contributed by atoms with E-state index in [0.29, 0.717) is 0 Å². The van der Waals surface area contributed by atoms with Crippen LogP contribution in [-0.4, -0.2) is 37.5 Å². The zero-order valence-electron chi connectivity index (χ0n) is 9.22. The molecule has 0 saturated heterocycles. The van der Waals surface area contributed by atoms with Gasteiger partial charge in [-0.3, -0.25) is 5.10 Å². The molecule has 0 spiro atoms. The lowest BCUT2D eigenvalue weighted by Gasteiger charge is -2.03. The van der Waals surface area contributed by atoms with Crippen molar-refractivity contribution in [1.29, 1.82) is 0 Å². The number of benzene rings is 1. The number of nitrogens with one attached hydrogen (secondary N) is 1. The summed E-state index contributed by atoms with van der Waals surface area (Å²) in [6.45, 7) is 0. The van der Waals surface area contributed by atoms with Crippen LogP contribution in [0.15, 0.2) is 18.2 Å². The molecule has 0 unspecified atom stereocenters. The first-order chi connectivity index (χ1) is 8.90. The lowest BCUT2D eigenvalue weighted by molar-refractivity contribution is 0.0680. The van der Waals surface area contributed by atoms with Gasteiger partial charge in [0.25, 0.3) is 0 Å². The topological polar surface area (TPSA) is 124 Å². The molecule has 0 aliphatic rings. The van der Waals surface area contributed by atoms with Crippen LogP contribution >= 0.6 is 0 Å². The summed E-state index contributed by atoms with van der Waals surface area (Å²) in [4.78, 5) is 21.5. The largest absolute Gasteiger partial charge is 0.504 e. The third-order valence-electron chi connectivity index (χ3n) is 2.40. The van der Waals surface area contributed by atoms with Crippen LogP contribution in [0.25, 0.3) is 11.3 Å². The van der Waals surface area contributed by atoms with Crippen LogP contribution in [0.5, 0.6) is 5.75 Å². The minimum absolute atomic E-state index is 0.0384. The van der Waals surface area contributed by atoms with Gasteiger partial charge in [-0.1, -0.05) is 0 Å². The molecular formula is C11H7FN2O5. The van der Waals surface area contributed by atoms with E-state index in [2.05, 4.69) is 10.2 Å². The third-order valence-corrected chi connectivity index (χ3v) is 2.40. The number of aromatic amines is 1. The van der Waals surface area contributed by atoms with Crippen molar-refractivity contribution in [1.82, 2.24) is 10.2 Å². The van der Waals surface area contributed by atoms with Gasteiger partial charge in [0, 0.05) is 5.56 Å². The highest BCUT2D eigenvalue weighted by Gasteiger charge is 2.18. The van der Waals surface area contributed by atoms with Crippen molar-refractivity contribution in [3.8, 4) is 17.0 Å². The Morgan fingerprint density at radius 1 is 1.16 bits per heavy atom. The van der Waals surface area contributed by atoms with Crippen LogP contribution in [0.1, 0.15) is 20.8 Å². The highest BCUT2D eigenvalue weighted by Crippen LogP contribution is 2.28.